The van der Waals surface area contributed by atoms with Crippen LogP contribution in [0.2, 0.25) is 0 Å². The molecular formula is C14H13NO5. The van der Waals surface area contributed by atoms with E-state index in [0.29, 0.717) is 10.1 Å². The molecule has 1 aromatic heterocycles. The van der Waals surface area contributed by atoms with Gasteiger partial charge < -0.3 is 14.7 Å². The minimum atomic E-state index is -1.28. The Balaban J connectivity index is 2.71. The lowest BCUT2D eigenvalue weighted by Crippen LogP contribution is -2.31. The molecule has 104 valence electrons. The zero-order valence-electron chi connectivity index (χ0n) is 11.0. The van der Waals surface area contributed by atoms with Crippen molar-refractivity contribution >= 4 is 22.8 Å². The number of ether oxygens (including phenoxy) is 2. The largest absolute Gasteiger partial charge is 0.618 e. The fourth-order valence-corrected chi connectivity index (χ4v) is 2.09. The molecule has 0 unspecified atom stereocenters. The summed E-state index contributed by atoms with van der Waals surface area (Å²) in [6, 6.07) is 8.23. The van der Waals surface area contributed by atoms with Gasteiger partial charge in [0.25, 0.3) is 0 Å². The Hall–Kier alpha value is -2.63. The minimum Gasteiger partial charge on any atom is -0.618 e. The fourth-order valence-electron chi connectivity index (χ4n) is 2.09. The van der Waals surface area contributed by atoms with E-state index in [9.17, 15) is 14.8 Å². The van der Waals surface area contributed by atoms with Crippen molar-refractivity contribution in [3.05, 3.63) is 47.3 Å². The summed E-state index contributed by atoms with van der Waals surface area (Å²) < 4.78 is 9.87. The highest BCUT2D eigenvalue weighted by molar-refractivity contribution is 6.03. The lowest BCUT2D eigenvalue weighted by atomic mass is 9.96. The Morgan fingerprint density at radius 2 is 1.70 bits per heavy atom. The maximum absolute atomic E-state index is 11.9. The van der Waals surface area contributed by atoms with Crippen LogP contribution in [0.3, 0.4) is 0 Å². The lowest BCUT2D eigenvalue weighted by molar-refractivity contribution is -0.577. The molecule has 6 heteroatoms. The van der Waals surface area contributed by atoms with Gasteiger partial charge in [-0.15, -0.1) is 0 Å². The highest BCUT2D eigenvalue weighted by Gasteiger charge is 2.34. The molecule has 0 N–H and O–H groups in total. The Kier molecular flexibility index (Phi) is 3.84. The van der Waals surface area contributed by atoms with E-state index in [2.05, 4.69) is 9.47 Å². The second kappa shape index (κ2) is 5.56. The molecule has 0 saturated heterocycles. The van der Waals surface area contributed by atoms with Gasteiger partial charge in [0, 0.05) is 11.5 Å². The molecule has 0 aliphatic carbocycles. The van der Waals surface area contributed by atoms with E-state index in [4.69, 9.17) is 0 Å². The highest BCUT2D eigenvalue weighted by Crippen LogP contribution is 2.25. The molecule has 0 radical (unpaired) electrons. The van der Waals surface area contributed by atoms with Gasteiger partial charge in [-0.05, 0) is 12.1 Å². The van der Waals surface area contributed by atoms with Crippen LogP contribution in [-0.4, -0.2) is 26.2 Å². The summed E-state index contributed by atoms with van der Waals surface area (Å²) in [5, 5.41) is 12.6. The third kappa shape index (κ3) is 2.27. The van der Waals surface area contributed by atoms with Crippen molar-refractivity contribution in [3.63, 3.8) is 0 Å². The van der Waals surface area contributed by atoms with Gasteiger partial charge in [-0.25, -0.2) is 0 Å². The molecule has 1 heterocycles. The van der Waals surface area contributed by atoms with Gasteiger partial charge in [0.1, 0.15) is 0 Å². The average Bonchev–Trinajstić information content (AvgIpc) is 2.47. The van der Waals surface area contributed by atoms with Crippen molar-refractivity contribution in [2.75, 3.05) is 14.2 Å². The Morgan fingerprint density at radius 3 is 2.30 bits per heavy atom. The monoisotopic (exact) mass is 275 g/mol. The van der Waals surface area contributed by atoms with Gasteiger partial charge in [-0.3, -0.25) is 9.59 Å². The summed E-state index contributed by atoms with van der Waals surface area (Å²) in [5.41, 5.74) is 0.507. The molecule has 0 aliphatic heterocycles. The number of hydrogen-bond donors (Lipinski definition) is 0. The van der Waals surface area contributed by atoms with Crippen molar-refractivity contribution in [3.8, 4) is 0 Å². The van der Waals surface area contributed by atoms with Crippen molar-refractivity contribution in [2.45, 2.75) is 5.92 Å². The fraction of sp³-hybridized carbons (Fsp3) is 0.214. The average molecular weight is 275 g/mol. The zero-order valence-corrected chi connectivity index (χ0v) is 11.0. The maximum Gasteiger partial charge on any atom is 0.324 e. The van der Waals surface area contributed by atoms with E-state index >= 15 is 0 Å². The first-order valence-corrected chi connectivity index (χ1v) is 5.86. The number of fused-ring (bicyclic) bond motifs is 1. The van der Waals surface area contributed by atoms with Crippen LogP contribution >= 0.6 is 0 Å². The normalized spacial score (nSPS) is 10.6. The predicted octanol–water partition coefficient (Wildman–Crippen LogP) is 0.903. The van der Waals surface area contributed by atoms with Gasteiger partial charge in [0.05, 0.1) is 19.8 Å². The second-order valence-electron chi connectivity index (χ2n) is 4.10. The zero-order chi connectivity index (χ0) is 14.7. The predicted molar refractivity (Wildman–Crippen MR) is 69.7 cm³/mol. The Morgan fingerprint density at radius 1 is 1.10 bits per heavy atom. The molecule has 2 aromatic rings. The molecule has 1 aromatic carbocycles. The molecule has 6 nitrogen and oxygen atoms in total. The number of carbonyl (C=O) groups excluding carboxylic acids is 2. The molecule has 0 aliphatic rings. The van der Waals surface area contributed by atoms with Crippen LogP contribution in [0.4, 0.5) is 0 Å². The number of para-hydroxylation sites is 1. The van der Waals surface area contributed by atoms with E-state index < -0.39 is 17.9 Å². The van der Waals surface area contributed by atoms with Crippen LogP contribution in [0, 0.1) is 5.21 Å². The molecule has 0 atom stereocenters. The first kappa shape index (κ1) is 13.8. The smallest absolute Gasteiger partial charge is 0.324 e. The van der Waals surface area contributed by atoms with Crippen LogP contribution in [0.15, 0.2) is 36.5 Å². The first-order chi connectivity index (χ1) is 9.60. The molecule has 0 fully saturated rings. The van der Waals surface area contributed by atoms with E-state index in [0.717, 1.165) is 0 Å². The van der Waals surface area contributed by atoms with Gasteiger partial charge in [-0.1, -0.05) is 12.1 Å². The Labute approximate surface area is 115 Å². The van der Waals surface area contributed by atoms with Crippen molar-refractivity contribution in [1.82, 2.24) is 0 Å². The quantitative estimate of drug-likeness (QED) is 0.360. The lowest BCUT2D eigenvalue weighted by Gasteiger charge is -2.14. The highest BCUT2D eigenvalue weighted by atomic mass is 16.5. The summed E-state index contributed by atoms with van der Waals surface area (Å²) >= 11 is 0. The van der Waals surface area contributed by atoms with Crippen molar-refractivity contribution in [1.29, 1.82) is 0 Å². The third-order valence-electron chi connectivity index (χ3n) is 3.00. The molecule has 20 heavy (non-hydrogen) atoms. The van der Waals surface area contributed by atoms with Gasteiger partial charge >= 0.3 is 11.9 Å². The summed E-state index contributed by atoms with van der Waals surface area (Å²) in [7, 11) is 2.35. The van der Waals surface area contributed by atoms with E-state index in [1.807, 2.05) is 0 Å². The van der Waals surface area contributed by atoms with Crippen LogP contribution in [-0.2, 0) is 19.1 Å². The molecule has 0 saturated carbocycles. The number of rotatable bonds is 3. The van der Waals surface area contributed by atoms with E-state index in [1.165, 1.54) is 26.5 Å². The van der Waals surface area contributed by atoms with Gasteiger partial charge in [0.2, 0.25) is 5.52 Å². The first-order valence-electron chi connectivity index (χ1n) is 5.86. The topological polar surface area (TPSA) is 79.5 Å². The minimum absolute atomic E-state index is 0.246. The molecular weight excluding hydrogens is 262 g/mol. The number of hydrogen-bond acceptors (Lipinski definition) is 5. The van der Waals surface area contributed by atoms with Crippen LogP contribution in [0.5, 0.6) is 0 Å². The summed E-state index contributed by atoms with van der Waals surface area (Å²) in [4.78, 5) is 23.7. The van der Waals surface area contributed by atoms with Gasteiger partial charge in [0.15, 0.2) is 12.1 Å². The summed E-state index contributed by atoms with van der Waals surface area (Å²) in [5.74, 6) is -2.82. The number of carbonyl (C=O) groups is 2. The Bertz CT molecular complexity index is 646. The number of benzene rings is 1. The van der Waals surface area contributed by atoms with Gasteiger partial charge in [-0.2, -0.15) is 4.73 Å². The number of nitrogens with zero attached hydrogens (tertiary/aromatic N) is 1. The number of methoxy groups -OCH3 is 2. The number of esters is 2. The SMILES string of the molecule is COC(=O)C(C(=O)OC)c1cccc2ccc[n+]([O-])c12. The molecule has 2 rings (SSSR count). The number of aromatic nitrogens is 1. The van der Waals surface area contributed by atoms with E-state index in [-0.39, 0.29) is 11.1 Å². The summed E-state index contributed by atoms with van der Waals surface area (Å²) in [6.07, 6.45) is 1.30. The van der Waals surface area contributed by atoms with Crippen LogP contribution < -0.4 is 4.73 Å². The molecule has 0 amide bonds. The second-order valence-corrected chi connectivity index (χ2v) is 4.10. The van der Waals surface area contributed by atoms with Crippen molar-refractivity contribution < 1.29 is 23.8 Å². The standard InChI is InChI=1S/C14H13NO5/c1-19-13(16)11(14(17)20-2)10-7-3-5-9-6-4-8-15(18)12(9)10/h3-8,11H,1-2H3. The van der Waals surface area contributed by atoms with E-state index in [1.54, 1.807) is 24.3 Å². The maximum atomic E-state index is 11.9. The molecule has 0 spiro atoms. The molecule has 0 bridgehead atoms. The van der Waals surface area contributed by atoms with Crippen LogP contribution in [0.1, 0.15) is 11.5 Å². The number of pyridine rings is 1. The summed E-state index contributed by atoms with van der Waals surface area (Å²) in [6.45, 7) is 0. The van der Waals surface area contributed by atoms with Crippen molar-refractivity contribution in [2.24, 2.45) is 0 Å². The third-order valence-corrected chi connectivity index (χ3v) is 3.00. The van der Waals surface area contributed by atoms with Crippen LogP contribution in [0.25, 0.3) is 10.9 Å².